The van der Waals surface area contributed by atoms with E-state index in [1.807, 2.05) is 0 Å². The molecule has 0 saturated heterocycles. The van der Waals surface area contributed by atoms with Crippen LogP contribution in [0.15, 0.2) is 11.6 Å². The van der Waals surface area contributed by atoms with Crippen LogP contribution >= 0.6 is 0 Å². The van der Waals surface area contributed by atoms with Gasteiger partial charge in [-0.25, -0.2) is 0 Å². The van der Waals surface area contributed by atoms with Crippen LogP contribution in [0.1, 0.15) is 79.1 Å². The Hall–Kier alpha value is -0.630. The highest BCUT2D eigenvalue weighted by atomic mass is 16.1. The van der Waals surface area contributed by atoms with Crippen molar-refractivity contribution >= 4 is 5.78 Å². The molecule has 0 heterocycles. The highest BCUT2D eigenvalue weighted by molar-refractivity contribution is 5.99. The van der Waals surface area contributed by atoms with Gasteiger partial charge in [0.05, 0.1) is 0 Å². The second-order valence-electron chi connectivity index (χ2n) is 9.97. The Kier molecular flexibility index (Phi) is 4.42. The topological polar surface area (TPSA) is 29.1 Å². The minimum absolute atomic E-state index is 0.178. The van der Waals surface area contributed by atoms with Crippen LogP contribution in [0.4, 0.5) is 0 Å². The number of carbonyl (C=O) groups is 1. The molecule has 4 aliphatic rings. The summed E-state index contributed by atoms with van der Waals surface area (Å²) in [6.07, 6.45) is 12.4. The fourth-order valence-corrected chi connectivity index (χ4v) is 7.88. The van der Waals surface area contributed by atoms with Gasteiger partial charge in [-0.3, -0.25) is 4.79 Å². The summed E-state index contributed by atoms with van der Waals surface area (Å²) in [5, 5.41) is 3.72. The van der Waals surface area contributed by atoms with Crippen molar-refractivity contribution in [1.29, 1.82) is 0 Å². The summed E-state index contributed by atoms with van der Waals surface area (Å²) in [6.45, 7) is 10.4. The first-order valence-corrected chi connectivity index (χ1v) is 10.9. The molecule has 4 aliphatic carbocycles. The molecule has 4 rings (SSSR count). The molecule has 0 aromatic heterocycles. The van der Waals surface area contributed by atoms with Crippen molar-refractivity contribution in [3.63, 3.8) is 0 Å². The van der Waals surface area contributed by atoms with Crippen LogP contribution in [0.5, 0.6) is 0 Å². The third kappa shape index (κ3) is 2.50. The number of allylic oxidation sites excluding steroid dienone is 2. The molecule has 2 nitrogen and oxygen atoms in total. The van der Waals surface area contributed by atoms with Crippen molar-refractivity contribution in [3.8, 4) is 0 Å². The van der Waals surface area contributed by atoms with Crippen LogP contribution in [0, 0.1) is 34.5 Å². The molecule has 0 radical (unpaired) electrons. The normalized spacial score (nSPS) is 51.1. The molecule has 1 unspecified atom stereocenters. The van der Waals surface area contributed by atoms with Gasteiger partial charge in [-0.05, 0) is 98.5 Å². The number of hydrogen-bond donors (Lipinski definition) is 1. The molecule has 0 spiro atoms. The molecule has 25 heavy (non-hydrogen) atoms. The maximum Gasteiger partial charge on any atom is 0.159 e. The van der Waals surface area contributed by atoms with Crippen LogP contribution in [0.25, 0.3) is 0 Å². The zero-order valence-electron chi connectivity index (χ0n) is 16.7. The van der Waals surface area contributed by atoms with Gasteiger partial charge in [0, 0.05) is 12.5 Å². The van der Waals surface area contributed by atoms with Gasteiger partial charge in [0.1, 0.15) is 0 Å². The average molecular weight is 344 g/mol. The molecule has 0 aliphatic heterocycles. The zero-order valence-corrected chi connectivity index (χ0v) is 16.7. The molecule has 140 valence electrons. The fourth-order valence-electron chi connectivity index (χ4n) is 7.88. The first-order valence-electron chi connectivity index (χ1n) is 10.9. The monoisotopic (exact) mass is 343 g/mol. The van der Waals surface area contributed by atoms with Crippen LogP contribution in [0.3, 0.4) is 0 Å². The lowest BCUT2D eigenvalue weighted by molar-refractivity contribution is -0.116. The van der Waals surface area contributed by atoms with Gasteiger partial charge in [-0.1, -0.05) is 26.8 Å². The molecule has 2 heteroatoms. The van der Waals surface area contributed by atoms with E-state index in [9.17, 15) is 4.79 Å². The number of rotatable bonds is 2. The van der Waals surface area contributed by atoms with E-state index in [1.54, 1.807) is 0 Å². The Morgan fingerprint density at radius 2 is 1.92 bits per heavy atom. The quantitative estimate of drug-likeness (QED) is 0.704. The lowest BCUT2D eigenvalue weighted by Crippen LogP contribution is -2.54. The van der Waals surface area contributed by atoms with E-state index in [4.69, 9.17) is 0 Å². The smallest absolute Gasteiger partial charge is 0.159 e. The zero-order chi connectivity index (χ0) is 17.8. The van der Waals surface area contributed by atoms with E-state index in [0.29, 0.717) is 17.1 Å². The van der Waals surface area contributed by atoms with Gasteiger partial charge >= 0.3 is 0 Å². The Morgan fingerprint density at radius 1 is 1.12 bits per heavy atom. The van der Waals surface area contributed by atoms with Crippen LogP contribution in [-0.4, -0.2) is 18.4 Å². The van der Waals surface area contributed by atoms with Gasteiger partial charge in [0.2, 0.25) is 0 Å². The van der Waals surface area contributed by atoms with Crippen molar-refractivity contribution in [2.24, 2.45) is 34.5 Å². The first kappa shape index (κ1) is 17.8. The van der Waals surface area contributed by atoms with E-state index in [0.717, 1.165) is 36.8 Å². The van der Waals surface area contributed by atoms with Gasteiger partial charge in [-0.2, -0.15) is 0 Å². The molecule has 7 atom stereocenters. The molecule has 0 aromatic rings. The number of ketones is 1. The first-order chi connectivity index (χ1) is 11.9. The van der Waals surface area contributed by atoms with Gasteiger partial charge in [-0.15, -0.1) is 0 Å². The lowest BCUT2D eigenvalue weighted by Gasteiger charge is -2.60. The second kappa shape index (κ2) is 6.22. The summed E-state index contributed by atoms with van der Waals surface area (Å²) in [4.78, 5) is 12.7. The lowest BCUT2D eigenvalue weighted by atomic mass is 9.45. The summed E-state index contributed by atoms with van der Waals surface area (Å²) in [5.74, 6) is 3.62. The molecule has 4 fully saturated rings. The number of hydrogen-bond acceptors (Lipinski definition) is 2. The maximum absolute atomic E-state index is 12.7. The standard InChI is InChI=1S/C23H37NO/c1-5-18-21(25)14-20-17-8-7-15-13-16(24-6-2)9-11-22(15,3)19(17)10-12-23(18,20)4/h5,15-17,19-20,24H,6-14H2,1-4H3/b18-5-/t15?,16-,17-,19+,20+,22+,23-/m1/s1. The van der Waals surface area contributed by atoms with E-state index < -0.39 is 0 Å². The summed E-state index contributed by atoms with van der Waals surface area (Å²) in [6, 6.07) is 0.746. The minimum Gasteiger partial charge on any atom is -0.314 e. The summed E-state index contributed by atoms with van der Waals surface area (Å²) >= 11 is 0. The molecule has 4 saturated carbocycles. The Morgan fingerprint density at radius 3 is 2.64 bits per heavy atom. The minimum atomic E-state index is 0.178. The third-order valence-electron chi connectivity index (χ3n) is 9.16. The van der Waals surface area contributed by atoms with Crippen LogP contribution in [0.2, 0.25) is 0 Å². The molecule has 0 bridgehead atoms. The molecular weight excluding hydrogens is 306 g/mol. The molecule has 0 amide bonds. The second-order valence-corrected chi connectivity index (χ2v) is 9.97. The SMILES string of the molecule is C/C=C1/C(=O)C[C@H]2[C@@H]3CCC4C[C@H](NCC)CC[C@]4(C)[C@H]3CC[C@]12C. The van der Waals surface area contributed by atoms with Crippen LogP contribution in [-0.2, 0) is 4.79 Å². The highest BCUT2D eigenvalue weighted by Crippen LogP contribution is 2.66. The molecular formula is C23H37NO. The highest BCUT2D eigenvalue weighted by Gasteiger charge is 2.60. The number of carbonyl (C=O) groups excluding carboxylic acids is 1. The van der Waals surface area contributed by atoms with Gasteiger partial charge in [0.25, 0.3) is 0 Å². The van der Waals surface area contributed by atoms with Crippen molar-refractivity contribution < 1.29 is 4.79 Å². The van der Waals surface area contributed by atoms with E-state index >= 15 is 0 Å². The van der Waals surface area contributed by atoms with E-state index in [-0.39, 0.29) is 5.41 Å². The molecule has 1 N–H and O–H groups in total. The third-order valence-corrected chi connectivity index (χ3v) is 9.16. The van der Waals surface area contributed by atoms with E-state index in [2.05, 4.69) is 39.1 Å². The largest absolute Gasteiger partial charge is 0.314 e. The van der Waals surface area contributed by atoms with Crippen LogP contribution < -0.4 is 5.32 Å². The number of nitrogens with one attached hydrogen (secondary N) is 1. The van der Waals surface area contributed by atoms with Crippen molar-refractivity contribution in [2.75, 3.05) is 6.54 Å². The Balaban J connectivity index is 1.59. The summed E-state index contributed by atoms with van der Waals surface area (Å²) in [5.41, 5.74) is 1.87. The van der Waals surface area contributed by atoms with Crippen molar-refractivity contribution in [3.05, 3.63) is 11.6 Å². The maximum atomic E-state index is 12.7. The van der Waals surface area contributed by atoms with Crippen molar-refractivity contribution in [2.45, 2.75) is 85.1 Å². The predicted molar refractivity (Wildman–Crippen MR) is 103 cm³/mol. The molecule has 0 aromatic carbocycles. The number of fused-ring (bicyclic) bond motifs is 5. The summed E-state index contributed by atoms with van der Waals surface area (Å²) in [7, 11) is 0. The predicted octanol–water partition coefficient (Wildman–Crippen LogP) is 5.13. The Bertz CT molecular complexity index is 581. The van der Waals surface area contributed by atoms with E-state index in [1.165, 1.54) is 50.5 Å². The van der Waals surface area contributed by atoms with Gasteiger partial charge in [0.15, 0.2) is 5.78 Å². The summed E-state index contributed by atoms with van der Waals surface area (Å²) < 4.78 is 0. The van der Waals surface area contributed by atoms with Gasteiger partial charge < -0.3 is 5.32 Å². The number of Topliss-reactive ketones (excluding diaryl/α,β-unsaturated/α-hetero) is 1. The Labute approximate surface area is 154 Å². The fraction of sp³-hybridized carbons (Fsp3) is 0.870. The van der Waals surface area contributed by atoms with Crippen molar-refractivity contribution in [1.82, 2.24) is 5.32 Å². The average Bonchev–Trinajstić information content (AvgIpc) is 2.85.